The van der Waals surface area contributed by atoms with Crippen LogP contribution in [0.25, 0.3) is 0 Å². The minimum atomic E-state index is -1.29. The highest BCUT2D eigenvalue weighted by Gasteiger charge is 2.12. The van der Waals surface area contributed by atoms with Gasteiger partial charge in [-0.1, -0.05) is 45.2 Å². The van der Waals surface area contributed by atoms with E-state index in [1.807, 2.05) is 45.2 Å². The Labute approximate surface area is 68.3 Å². The largest absolute Gasteiger partial charge is 0.248 e. The molecule has 0 heterocycles. The molecule has 0 fully saturated rings. The van der Waals surface area contributed by atoms with Crippen molar-refractivity contribution >= 4 is 45.2 Å². The van der Waals surface area contributed by atoms with Gasteiger partial charge in [0.05, 0.1) is 1.93 Å². The van der Waals surface area contributed by atoms with Crippen LogP contribution in [0.15, 0.2) is 0 Å². The fourth-order valence-electron chi connectivity index (χ4n) is 0.0673. The Hall–Kier alpha value is 1.32. The highest BCUT2D eigenvalue weighted by molar-refractivity contribution is 14.2. The monoisotopic (exact) mass is 332 g/mol. The first kappa shape index (κ1) is 8.32. The molecule has 4 heteroatoms. The molecular weight excluding hydrogens is 328 g/mol. The van der Waals surface area contributed by atoms with Crippen LogP contribution in [0, 0.1) is 0 Å². The van der Waals surface area contributed by atoms with E-state index < -0.39 is 12.8 Å². The summed E-state index contributed by atoms with van der Waals surface area (Å²) < 4.78 is 22.9. The van der Waals surface area contributed by atoms with Crippen LogP contribution in [0.2, 0.25) is 0 Å². The standard InChI is InChI=1S/C3H4F2I2/c4-1-2(5)3(6)7/h2-3H,1H2. The lowest BCUT2D eigenvalue weighted by molar-refractivity contribution is 0.285. The minimum Gasteiger partial charge on any atom is -0.248 e. The van der Waals surface area contributed by atoms with Crippen LogP contribution in [-0.2, 0) is 0 Å². The third-order valence-corrected chi connectivity index (χ3v) is 1.98. The first-order valence-electron chi connectivity index (χ1n) is 1.66. The van der Waals surface area contributed by atoms with Crippen LogP contribution in [0.1, 0.15) is 0 Å². The molecule has 0 radical (unpaired) electrons. The highest BCUT2D eigenvalue weighted by Crippen LogP contribution is 2.17. The molecule has 0 aromatic heterocycles. The molecule has 0 nitrogen and oxygen atoms in total. The molecule has 0 saturated heterocycles. The lowest BCUT2D eigenvalue weighted by Gasteiger charge is -2.00. The maximum Gasteiger partial charge on any atom is 0.149 e. The molecule has 0 amide bonds. The lowest BCUT2D eigenvalue weighted by Crippen LogP contribution is -2.09. The van der Waals surface area contributed by atoms with E-state index in [0.717, 1.165) is 0 Å². The summed E-state index contributed by atoms with van der Waals surface area (Å²) in [6.45, 7) is -0.865. The van der Waals surface area contributed by atoms with E-state index >= 15 is 0 Å². The van der Waals surface area contributed by atoms with Crippen molar-refractivity contribution in [2.45, 2.75) is 8.10 Å². The molecule has 0 spiro atoms. The second-order valence-electron chi connectivity index (χ2n) is 1.00. The van der Waals surface area contributed by atoms with Gasteiger partial charge in [-0.15, -0.1) is 0 Å². The molecule has 0 aromatic carbocycles. The SMILES string of the molecule is FCC(F)C(I)I. The van der Waals surface area contributed by atoms with Crippen LogP contribution in [0.3, 0.4) is 0 Å². The Kier molecular flexibility index (Phi) is 5.02. The third-order valence-electron chi connectivity index (χ3n) is 0.421. The summed E-state index contributed by atoms with van der Waals surface area (Å²) >= 11 is 3.68. The zero-order valence-corrected chi connectivity index (χ0v) is 7.69. The Bertz CT molecular complexity index is 48.2. The van der Waals surface area contributed by atoms with Crippen LogP contribution in [0.5, 0.6) is 0 Å². The summed E-state index contributed by atoms with van der Waals surface area (Å²) in [4.78, 5) is 0. The van der Waals surface area contributed by atoms with Gasteiger partial charge in [0.25, 0.3) is 0 Å². The fourth-order valence-corrected chi connectivity index (χ4v) is 0.452. The molecule has 0 saturated carbocycles. The van der Waals surface area contributed by atoms with Gasteiger partial charge in [0.2, 0.25) is 0 Å². The van der Waals surface area contributed by atoms with Crippen LogP contribution in [-0.4, -0.2) is 14.8 Å². The van der Waals surface area contributed by atoms with E-state index in [-0.39, 0.29) is 1.93 Å². The smallest absolute Gasteiger partial charge is 0.149 e. The number of hydrogen-bond donors (Lipinski definition) is 0. The molecule has 7 heavy (non-hydrogen) atoms. The molecule has 1 unspecified atom stereocenters. The summed E-state index contributed by atoms with van der Waals surface area (Å²) in [6, 6.07) is 0. The quantitative estimate of drug-likeness (QED) is 0.539. The predicted molar refractivity (Wildman–Crippen MR) is 42.7 cm³/mol. The van der Waals surface area contributed by atoms with E-state index in [1.54, 1.807) is 0 Å². The number of rotatable bonds is 2. The van der Waals surface area contributed by atoms with Gasteiger partial charge in [0.15, 0.2) is 0 Å². The zero-order chi connectivity index (χ0) is 5.86. The molecule has 0 aliphatic carbocycles. The van der Waals surface area contributed by atoms with Crippen molar-refractivity contribution in [2.75, 3.05) is 6.67 Å². The van der Waals surface area contributed by atoms with Gasteiger partial charge in [-0.25, -0.2) is 8.78 Å². The average Bonchev–Trinajstić information content (AvgIpc) is 1.65. The van der Waals surface area contributed by atoms with Crippen molar-refractivity contribution in [2.24, 2.45) is 0 Å². The van der Waals surface area contributed by atoms with Gasteiger partial charge in [0, 0.05) is 0 Å². The summed E-state index contributed by atoms with van der Waals surface area (Å²) in [5, 5.41) is 0. The topological polar surface area (TPSA) is 0 Å². The van der Waals surface area contributed by atoms with Crippen molar-refractivity contribution in [3.8, 4) is 0 Å². The van der Waals surface area contributed by atoms with Crippen LogP contribution < -0.4 is 0 Å². The molecule has 0 N–H and O–H groups in total. The van der Waals surface area contributed by atoms with Gasteiger partial charge >= 0.3 is 0 Å². The second kappa shape index (κ2) is 4.22. The van der Waals surface area contributed by atoms with E-state index in [9.17, 15) is 8.78 Å². The number of halogens is 4. The average molecular weight is 332 g/mol. The van der Waals surface area contributed by atoms with Gasteiger partial charge in [-0.05, 0) is 0 Å². The second-order valence-corrected chi connectivity index (χ2v) is 6.07. The molecule has 0 bridgehead atoms. The third kappa shape index (κ3) is 3.87. The van der Waals surface area contributed by atoms with E-state index in [1.165, 1.54) is 0 Å². The normalized spacial score (nSPS) is 15.0. The first-order valence-corrected chi connectivity index (χ1v) is 4.15. The van der Waals surface area contributed by atoms with E-state index in [4.69, 9.17) is 0 Å². The molecule has 0 aliphatic heterocycles. The number of hydrogen-bond acceptors (Lipinski definition) is 0. The Morgan fingerprint density at radius 2 is 1.86 bits per heavy atom. The van der Waals surface area contributed by atoms with Gasteiger partial charge in [-0.3, -0.25) is 0 Å². The fraction of sp³-hybridized carbons (Fsp3) is 1.00. The first-order chi connectivity index (χ1) is 3.18. The van der Waals surface area contributed by atoms with Crippen LogP contribution >= 0.6 is 45.2 Å². The molecule has 44 valence electrons. The summed E-state index contributed by atoms with van der Waals surface area (Å²) in [7, 11) is 0. The zero-order valence-electron chi connectivity index (χ0n) is 3.37. The van der Waals surface area contributed by atoms with Crippen molar-refractivity contribution in [3.63, 3.8) is 0 Å². The Morgan fingerprint density at radius 3 is 1.86 bits per heavy atom. The Morgan fingerprint density at radius 1 is 1.43 bits per heavy atom. The maximum atomic E-state index is 11.9. The number of alkyl halides is 4. The van der Waals surface area contributed by atoms with Gasteiger partial charge in [0.1, 0.15) is 12.8 Å². The van der Waals surface area contributed by atoms with Gasteiger partial charge < -0.3 is 0 Å². The van der Waals surface area contributed by atoms with Gasteiger partial charge in [-0.2, -0.15) is 0 Å². The van der Waals surface area contributed by atoms with Crippen molar-refractivity contribution in [1.29, 1.82) is 0 Å². The van der Waals surface area contributed by atoms with Crippen molar-refractivity contribution < 1.29 is 8.78 Å². The van der Waals surface area contributed by atoms with E-state index in [0.29, 0.717) is 0 Å². The molecular formula is C3H4F2I2. The minimum absolute atomic E-state index is 0.236. The van der Waals surface area contributed by atoms with E-state index in [2.05, 4.69) is 0 Å². The molecule has 0 aliphatic rings. The van der Waals surface area contributed by atoms with Crippen molar-refractivity contribution in [1.82, 2.24) is 0 Å². The van der Waals surface area contributed by atoms with Crippen LogP contribution in [0.4, 0.5) is 8.78 Å². The summed E-state index contributed by atoms with van der Waals surface area (Å²) in [6.07, 6.45) is -1.29. The lowest BCUT2D eigenvalue weighted by atomic mass is 10.5. The Balaban J connectivity index is 3.14. The summed E-state index contributed by atoms with van der Waals surface area (Å²) in [5.74, 6) is 0. The molecule has 1 atom stereocenters. The molecule has 0 aromatic rings. The van der Waals surface area contributed by atoms with Crippen molar-refractivity contribution in [3.05, 3.63) is 0 Å². The summed E-state index contributed by atoms with van der Waals surface area (Å²) in [5.41, 5.74) is 0. The predicted octanol–water partition coefficient (Wildman–Crippen LogP) is 2.49. The molecule has 0 rings (SSSR count). The maximum absolute atomic E-state index is 11.9. The highest BCUT2D eigenvalue weighted by atomic mass is 127.